The average Bonchev–Trinajstić information content (AvgIpc) is 2.62. The highest BCUT2D eigenvalue weighted by atomic mass is 16.9. The van der Waals surface area contributed by atoms with Gasteiger partial charge in [-0.3, -0.25) is 0 Å². The SMILES string of the molecule is C1CCC(C(CC2CCCCN2)C2CCCCC2)CC1.O=[N+]([O-])[O-]. The Bertz CT molecular complexity index is 325. The van der Waals surface area contributed by atoms with E-state index in [1.54, 1.807) is 25.7 Å². The van der Waals surface area contributed by atoms with Crippen LogP contribution in [0.5, 0.6) is 0 Å². The minimum atomic E-state index is -1.75. The van der Waals surface area contributed by atoms with Gasteiger partial charge in [0.2, 0.25) is 0 Å². The van der Waals surface area contributed by atoms with Crippen LogP contribution >= 0.6 is 0 Å². The molecule has 140 valence electrons. The molecule has 0 radical (unpaired) electrons. The molecule has 1 aliphatic heterocycles. The molecule has 1 unspecified atom stereocenters. The Morgan fingerprint density at radius 1 is 0.792 bits per heavy atom. The minimum Gasteiger partial charge on any atom is -0.356 e. The Kier molecular flexibility index (Phi) is 8.86. The molecule has 2 saturated carbocycles. The summed E-state index contributed by atoms with van der Waals surface area (Å²) in [6.45, 7) is 1.28. The second-order valence-electron chi connectivity index (χ2n) is 8.07. The van der Waals surface area contributed by atoms with Gasteiger partial charge in [0.25, 0.3) is 0 Å². The molecule has 1 atom stereocenters. The first-order valence-electron chi connectivity index (χ1n) is 10.2. The summed E-state index contributed by atoms with van der Waals surface area (Å²) in [4.78, 5) is 8.25. The van der Waals surface area contributed by atoms with Gasteiger partial charge in [-0.1, -0.05) is 70.6 Å². The number of piperidine rings is 1. The maximum Gasteiger partial charge on any atom is 0.0689 e. The summed E-state index contributed by atoms with van der Waals surface area (Å²) in [5, 5.41) is 18.6. The maximum absolute atomic E-state index is 8.25. The Labute approximate surface area is 146 Å². The third kappa shape index (κ3) is 6.96. The molecule has 3 aliphatic rings. The van der Waals surface area contributed by atoms with Gasteiger partial charge in [0, 0.05) is 6.04 Å². The van der Waals surface area contributed by atoms with Gasteiger partial charge in [0.1, 0.15) is 0 Å². The number of hydrogen-bond donors (Lipinski definition) is 1. The van der Waals surface area contributed by atoms with E-state index < -0.39 is 5.09 Å². The van der Waals surface area contributed by atoms with Crippen molar-refractivity contribution in [3.63, 3.8) is 0 Å². The molecule has 0 amide bonds. The lowest BCUT2D eigenvalue weighted by atomic mass is 9.67. The molecule has 0 aromatic rings. The normalized spacial score (nSPS) is 26.6. The molecule has 0 aromatic heterocycles. The molecule has 5 nitrogen and oxygen atoms in total. The fourth-order valence-electron chi connectivity index (χ4n) is 5.35. The second kappa shape index (κ2) is 10.9. The fourth-order valence-corrected chi connectivity index (χ4v) is 5.35. The Morgan fingerprint density at radius 3 is 1.67 bits per heavy atom. The van der Waals surface area contributed by atoms with Crippen molar-refractivity contribution in [3.8, 4) is 0 Å². The third-order valence-electron chi connectivity index (χ3n) is 6.48. The van der Waals surface area contributed by atoms with E-state index in [0.717, 1.165) is 23.8 Å². The van der Waals surface area contributed by atoms with Crippen LogP contribution in [0.15, 0.2) is 0 Å². The topological polar surface area (TPSA) is 78.2 Å². The fraction of sp³-hybridized carbons (Fsp3) is 1.00. The smallest absolute Gasteiger partial charge is 0.0689 e. The highest BCUT2D eigenvalue weighted by Gasteiger charge is 2.33. The lowest BCUT2D eigenvalue weighted by Crippen LogP contribution is -2.39. The Balaban J connectivity index is 0.000000471. The molecule has 0 aromatic carbocycles. The highest BCUT2D eigenvalue weighted by Crippen LogP contribution is 2.42. The highest BCUT2D eigenvalue weighted by molar-refractivity contribution is 4.86. The summed E-state index contributed by atoms with van der Waals surface area (Å²) in [6.07, 6.45) is 21.1. The molecule has 3 rings (SSSR count). The second-order valence-corrected chi connectivity index (χ2v) is 8.07. The van der Waals surface area contributed by atoms with Crippen LogP contribution in [0.25, 0.3) is 0 Å². The molecule has 0 bridgehead atoms. The molecule has 1 heterocycles. The molecule has 1 N–H and O–H groups in total. The quantitative estimate of drug-likeness (QED) is 0.574. The van der Waals surface area contributed by atoms with Crippen molar-refractivity contribution >= 4 is 0 Å². The van der Waals surface area contributed by atoms with Crippen molar-refractivity contribution in [3.05, 3.63) is 15.3 Å². The number of nitrogens with one attached hydrogen (secondary N) is 1. The first kappa shape index (κ1) is 19.5. The summed E-state index contributed by atoms with van der Waals surface area (Å²) >= 11 is 0. The van der Waals surface area contributed by atoms with E-state index >= 15 is 0 Å². The van der Waals surface area contributed by atoms with Crippen molar-refractivity contribution in [2.45, 2.75) is 95.9 Å². The van der Waals surface area contributed by atoms with Crippen LogP contribution in [-0.4, -0.2) is 17.7 Å². The molecule has 1 saturated heterocycles. The van der Waals surface area contributed by atoms with Crippen molar-refractivity contribution in [1.29, 1.82) is 0 Å². The van der Waals surface area contributed by atoms with Gasteiger partial charge in [-0.25, -0.2) is 0 Å². The summed E-state index contributed by atoms with van der Waals surface area (Å²) in [5.41, 5.74) is 0. The zero-order chi connectivity index (χ0) is 17.2. The van der Waals surface area contributed by atoms with Crippen LogP contribution in [0.2, 0.25) is 0 Å². The molecule has 3 fully saturated rings. The lowest BCUT2D eigenvalue weighted by molar-refractivity contribution is -0.402. The van der Waals surface area contributed by atoms with Gasteiger partial charge >= 0.3 is 0 Å². The van der Waals surface area contributed by atoms with E-state index in [2.05, 4.69) is 5.32 Å². The van der Waals surface area contributed by atoms with Crippen molar-refractivity contribution in [2.24, 2.45) is 17.8 Å². The van der Waals surface area contributed by atoms with E-state index in [1.165, 1.54) is 70.8 Å². The molecule has 0 spiro atoms. The van der Waals surface area contributed by atoms with Gasteiger partial charge in [0.05, 0.1) is 5.09 Å². The minimum absolute atomic E-state index is 0.859. The van der Waals surface area contributed by atoms with Crippen molar-refractivity contribution in [1.82, 2.24) is 5.32 Å². The van der Waals surface area contributed by atoms with Gasteiger partial charge < -0.3 is 20.6 Å². The van der Waals surface area contributed by atoms with Gasteiger partial charge in [-0.15, -0.1) is 0 Å². The predicted octanol–water partition coefficient (Wildman–Crippen LogP) is 5.06. The third-order valence-corrected chi connectivity index (χ3v) is 6.48. The number of nitrogens with zero attached hydrogens (tertiary/aromatic N) is 1. The molecule has 5 heteroatoms. The summed E-state index contributed by atoms with van der Waals surface area (Å²) in [6, 6.07) is 0.859. The van der Waals surface area contributed by atoms with Gasteiger partial charge in [-0.2, -0.15) is 0 Å². The largest absolute Gasteiger partial charge is 0.356 e. The first-order chi connectivity index (χ1) is 11.7. The Hall–Kier alpha value is -0.840. The van der Waals surface area contributed by atoms with Crippen LogP contribution in [0.3, 0.4) is 0 Å². The Morgan fingerprint density at radius 2 is 1.25 bits per heavy atom. The first-order valence-corrected chi connectivity index (χ1v) is 10.2. The number of rotatable bonds is 4. The average molecular weight is 340 g/mol. The van der Waals surface area contributed by atoms with Gasteiger partial charge in [-0.05, 0) is 43.6 Å². The summed E-state index contributed by atoms with van der Waals surface area (Å²) in [7, 11) is 0. The van der Waals surface area contributed by atoms with Crippen molar-refractivity contribution in [2.75, 3.05) is 6.54 Å². The van der Waals surface area contributed by atoms with E-state index in [4.69, 9.17) is 15.3 Å². The molecule has 2 aliphatic carbocycles. The molecular weight excluding hydrogens is 304 g/mol. The lowest BCUT2D eigenvalue weighted by Gasteiger charge is -2.40. The van der Waals surface area contributed by atoms with E-state index in [-0.39, 0.29) is 0 Å². The standard InChI is InChI=1S/C19H35N.NO3/c1-3-9-16(10-4-1)19(17-11-5-2-6-12-17)15-18-13-7-8-14-20-18;2-1(3)4/h16-20H,1-15H2;/q;-1. The molecule has 24 heavy (non-hydrogen) atoms. The van der Waals surface area contributed by atoms with E-state index in [9.17, 15) is 0 Å². The summed E-state index contributed by atoms with van der Waals surface area (Å²) in [5.74, 6) is 3.22. The molecular formula is C19H35N2O3-. The van der Waals surface area contributed by atoms with Crippen LogP contribution in [0.4, 0.5) is 0 Å². The van der Waals surface area contributed by atoms with Gasteiger partial charge in [0.15, 0.2) is 0 Å². The maximum atomic E-state index is 8.25. The zero-order valence-corrected chi connectivity index (χ0v) is 15.1. The van der Waals surface area contributed by atoms with Crippen LogP contribution in [0, 0.1) is 33.1 Å². The summed E-state index contributed by atoms with van der Waals surface area (Å²) < 4.78 is 0. The van der Waals surface area contributed by atoms with Crippen molar-refractivity contribution < 1.29 is 5.09 Å². The van der Waals surface area contributed by atoms with Crippen LogP contribution in [-0.2, 0) is 0 Å². The zero-order valence-electron chi connectivity index (χ0n) is 15.1. The van der Waals surface area contributed by atoms with Crippen LogP contribution < -0.4 is 5.32 Å². The van der Waals surface area contributed by atoms with E-state index in [0.29, 0.717) is 0 Å². The van der Waals surface area contributed by atoms with Crippen LogP contribution in [0.1, 0.15) is 89.9 Å². The number of hydrogen-bond acceptors (Lipinski definition) is 4. The van der Waals surface area contributed by atoms with E-state index in [1.807, 2.05) is 0 Å². The predicted molar refractivity (Wildman–Crippen MR) is 97.3 cm³/mol. The monoisotopic (exact) mass is 339 g/mol.